The molecule has 2 heterocycles. The number of nitrogens with zero attached hydrogens (tertiary/aromatic N) is 4. The normalized spacial score (nSPS) is 17.1. The third-order valence-corrected chi connectivity index (χ3v) is 13.8. The summed E-state index contributed by atoms with van der Waals surface area (Å²) in [7, 11) is -4.22. The number of carbonyl (C=O) groups excluding carboxylic acids is 1. The van der Waals surface area contributed by atoms with Crippen molar-refractivity contribution in [3.8, 4) is 17.2 Å². The number of hydrogen-bond acceptors (Lipinski definition) is 11. The molecule has 1 saturated carbocycles. The van der Waals surface area contributed by atoms with Crippen LogP contribution in [0.25, 0.3) is 4.91 Å². The van der Waals surface area contributed by atoms with Gasteiger partial charge in [-0.25, -0.2) is 22.7 Å². The van der Waals surface area contributed by atoms with Crippen LogP contribution in [0.4, 0.5) is 22.7 Å². The largest absolute Gasteiger partial charge is 0.465 e. The highest BCUT2D eigenvalue weighted by molar-refractivity contribution is 7.99. The van der Waals surface area contributed by atoms with Gasteiger partial charge in [0, 0.05) is 36.9 Å². The third kappa shape index (κ3) is 11.0. The van der Waals surface area contributed by atoms with Gasteiger partial charge < -0.3 is 34.5 Å². The summed E-state index contributed by atoms with van der Waals surface area (Å²) in [5.41, 5.74) is 5.77. The number of carbonyl (C=O) groups is 1. The Balaban J connectivity index is 1.17. The van der Waals surface area contributed by atoms with Gasteiger partial charge in [-0.1, -0.05) is 92.4 Å². The Morgan fingerprint density at radius 2 is 1.58 bits per heavy atom. The maximum atomic E-state index is 15.2. The van der Waals surface area contributed by atoms with E-state index in [1.165, 1.54) is 10.5 Å². The van der Waals surface area contributed by atoms with Gasteiger partial charge in [-0.2, -0.15) is 0 Å². The molecule has 3 aliphatic rings. The summed E-state index contributed by atoms with van der Waals surface area (Å²) in [5, 5.41) is 6.38. The van der Waals surface area contributed by atoms with Crippen LogP contribution in [0.2, 0.25) is 0 Å². The molecule has 1 amide bonds. The van der Waals surface area contributed by atoms with Crippen molar-refractivity contribution < 1.29 is 32.2 Å². The lowest BCUT2D eigenvalue weighted by atomic mass is 9.95. The second kappa shape index (κ2) is 21.2. The smallest absolute Gasteiger partial charge is 0.278 e. The lowest BCUT2D eigenvalue weighted by molar-refractivity contribution is -0.110. The van der Waals surface area contributed by atoms with Crippen molar-refractivity contribution in [1.29, 1.82) is 0 Å². The van der Waals surface area contributed by atoms with E-state index in [1.807, 2.05) is 100 Å². The first-order valence-electron chi connectivity index (χ1n) is 22.8. The van der Waals surface area contributed by atoms with Crippen LogP contribution in [0.1, 0.15) is 67.7 Å². The van der Waals surface area contributed by atoms with Gasteiger partial charge in [0.2, 0.25) is 6.29 Å². The molecular formula is C52H58N6O7S. The Bertz CT molecular complexity index is 2700. The highest BCUT2D eigenvalue weighted by Gasteiger charge is 2.42. The topological polar surface area (TPSA) is 143 Å². The monoisotopic (exact) mass is 910 g/mol. The molecule has 0 radical (unpaired) electrons. The Kier molecular flexibility index (Phi) is 14.8. The predicted octanol–water partition coefficient (Wildman–Crippen LogP) is 10.5. The van der Waals surface area contributed by atoms with Gasteiger partial charge in [-0.3, -0.25) is 4.79 Å². The van der Waals surface area contributed by atoms with Crippen molar-refractivity contribution in [2.45, 2.75) is 78.6 Å². The number of benzene rings is 5. The highest BCUT2D eigenvalue weighted by atomic mass is 32.2. The highest BCUT2D eigenvalue weighted by Crippen LogP contribution is 2.37. The first kappa shape index (κ1) is 46.1. The summed E-state index contributed by atoms with van der Waals surface area (Å²) in [6, 6.07) is 35.0. The fourth-order valence-corrected chi connectivity index (χ4v) is 10.2. The molecule has 1 saturated heterocycles. The molecule has 66 heavy (non-hydrogen) atoms. The van der Waals surface area contributed by atoms with Gasteiger partial charge in [-0.05, 0) is 105 Å². The average Bonchev–Trinajstić information content (AvgIpc) is 3.33. The molecule has 14 heteroatoms. The molecule has 1 unspecified atom stereocenters. The zero-order chi connectivity index (χ0) is 46.0. The molecule has 2 N–H and O–H groups in total. The quantitative estimate of drug-likeness (QED) is 0.0730. The number of sulfonamides is 1. The molecule has 1 aliphatic carbocycles. The number of amidine groups is 1. The number of hydrogen-bond donors (Lipinski definition) is 2. The number of amides is 1. The first-order chi connectivity index (χ1) is 32.1. The fraction of sp³-hybridized carbons (Fsp3) is 0.327. The lowest BCUT2D eigenvalue weighted by Crippen LogP contribution is -2.52. The van der Waals surface area contributed by atoms with Crippen LogP contribution in [0.3, 0.4) is 0 Å². The summed E-state index contributed by atoms with van der Waals surface area (Å²) < 4.78 is 55.6. The van der Waals surface area contributed by atoms with Crippen LogP contribution in [0, 0.1) is 20.8 Å². The second-order valence-electron chi connectivity index (χ2n) is 16.7. The van der Waals surface area contributed by atoms with Crippen LogP contribution in [-0.2, 0) is 24.3 Å². The summed E-state index contributed by atoms with van der Waals surface area (Å²) in [5.74, 6) is 0.950. The molecule has 1 atom stereocenters. The van der Waals surface area contributed by atoms with Gasteiger partial charge in [-0.15, -0.1) is 0 Å². The minimum absolute atomic E-state index is 0.0432. The molecule has 5 aromatic rings. The zero-order valence-electron chi connectivity index (χ0n) is 38.0. The maximum absolute atomic E-state index is 15.2. The number of anilines is 3. The Morgan fingerprint density at radius 1 is 0.848 bits per heavy atom. The minimum atomic E-state index is -4.22. The van der Waals surface area contributed by atoms with Gasteiger partial charge in [0.25, 0.3) is 15.9 Å². The molecule has 0 aromatic heterocycles. The molecule has 13 nitrogen and oxygen atoms in total. The lowest BCUT2D eigenvalue weighted by Gasteiger charge is -2.37. The van der Waals surface area contributed by atoms with E-state index < -0.39 is 28.3 Å². The van der Waals surface area contributed by atoms with E-state index in [1.54, 1.807) is 36.4 Å². The van der Waals surface area contributed by atoms with E-state index >= 15 is 4.79 Å². The number of rotatable bonds is 16. The predicted molar refractivity (Wildman–Crippen MR) is 263 cm³/mol. The standard InChI is InChI=1S/C52H58N6O7S/c1-5-49(65-46-25-21-36(2)31-38(46)4)63-35-54-40-22-26-47(64-43-19-13-8-14-20-43)45(33-40)56-52(59)50(55-44-24-23-42(32-37(44)3)57-27-29-62-30-28-57)51-53-34-48(39-15-9-6-10-16-39)66(60,61)58(51)41-17-11-7-12-18-41/h6,8-10,13-16,19-26,31-34,41,49,54H,5,7,11-12,17-18,27-30,35H2,1-4H3,(H,56,59)/b55-50-. The van der Waals surface area contributed by atoms with Crippen molar-refractivity contribution in [3.63, 3.8) is 0 Å². The molecule has 2 aliphatic heterocycles. The number of ether oxygens (including phenoxy) is 4. The minimum Gasteiger partial charge on any atom is -0.465 e. The van der Waals surface area contributed by atoms with Crippen LogP contribution in [-0.4, -0.2) is 75.5 Å². The van der Waals surface area contributed by atoms with Gasteiger partial charge >= 0.3 is 0 Å². The van der Waals surface area contributed by atoms with E-state index in [0.29, 0.717) is 66.6 Å². The van der Waals surface area contributed by atoms with Crippen molar-refractivity contribution in [3.05, 3.63) is 144 Å². The summed E-state index contributed by atoms with van der Waals surface area (Å²) in [6.07, 6.45) is 5.34. The van der Waals surface area contributed by atoms with Crippen LogP contribution in [0.5, 0.6) is 17.2 Å². The Labute approximate surface area is 388 Å². The molecule has 2 fully saturated rings. The molecule has 0 bridgehead atoms. The van der Waals surface area contributed by atoms with E-state index in [9.17, 15) is 8.42 Å². The van der Waals surface area contributed by atoms with Crippen molar-refractivity contribution in [1.82, 2.24) is 4.31 Å². The molecule has 0 spiro atoms. The molecule has 344 valence electrons. The van der Waals surface area contributed by atoms with Crippen LogP contribution >= 0.6 is 0 Å². The zero-order valence-corrected chi connectivity index (χ0v) is 38.9. The molecule has 8 rings (SSSR count). The third-order valence-electron chi connectivity index (χ3n) is 11.9. The van der Waals surface area contributed by atoms with Gasteiger partial charge in [0.15, 0.2) is 17.3 Å². The first-order valence-corrected chi connectivity index (χ1v) is 24.2. The number of aliphatic imine (C=N–C) groups is 2. The van der Waals surface area contributed by atoms with Crippen molar-refractivity contribution >= 4 is 55.1 Å². The summed E-state index contributed by atoms with van der Waals surface area (Å²) in [4.78, 5) is 27.4. The summed E-state index contributed by atoms with van der Waals surface area (Å²) in [6.45, 7) is 10.9. The van der Waals surface area contributed by atoms with Crippen molar-refractivity contribution in [2.75, 3.05) is 48.6 Å². The maximum Gasteiger partial charge on any atom is 0.278 e. The number of nitrogens with one attached hydrogen (secondary N) is 2. The fourth-order valence-electron chi connectivity index (χ4n) is 8.40. The number of para-hydroxylation sites is 1. The van der Waals surface area contributed by atoms with E-state index in [2.05, 4.69) is 21.6 Å². The van der Waals surface area contributed by atoms with E-state index in [0.717, 1.165) is 60.5 Å². The van der Waals surface area contributed by atoms with Gasteiger partial charge in [0.05, 0.1) is 30.8 Å². The number of morpholine rings is 1. The number of aryl methyl sites for hydroxylation is 3. The second-order valence-corrected chi connectivity index (χ2v) is 18.5. The Hall–Kier alpha value is -6.48. The molecule has 5 aromatic carbocycles. The molecular weight excluding hydrogens is 853 g/mol. The SMILES string of the molecule is CCC(OCNc1ccc(Oc2ccccc2)c(NC(=O)/C(=N\c2ccc(N3CCOCC3)cc2C)C2=NC=C(c3ccccc3)S(=O)(=O)N2C2CCCCC2)c1)Oc1ccc(C)cc1C. The average molecular weight is 911 g/mol. The van der Waals surface area contributed by atoms with E-state index in [4.69, 9.17) is 28.9 Å². The Morgan fingerprint density at radius 3 is 2.29 bits per heavy atom. The van der Waals surface area contributed by atoms with Crippen LogP contribution in [0.15, 0.2) is 131 Å². The summed E-state index contributed by atoms with van der Waals surface area (Å²) >= 11 is 0. The van der Waals surface area contributed by atoms with Crippen LogP contribution < -0.4 is 25.0 Å². The van der Waals surface area contributed by atoms with E-state index in [-0.39, 0.29) is 23.2 Å². The van der Waals surface area contributed by atoms with Gasteiger partial charge in [0.1, 0.15) is 23.1 Å². The van der Waals surface area contributed by atoms with Crippen molar-refractivity contribution in [2.24, 2.45) is 9.98 Å².